The highest BCUT2D eigenvalue weighted by molar-refractivity contribution is 5.38. The summed E-state index contributed by atoms with van der Waals surface area (Å²) in [5.41, 5.74) is 3.40. The summed E-state index contributed by atoms with van der Waals surface area (Å²) in [4.78, 5) is 0. The van der Waals surface area contributed by atoms with Crippen LogP contribution in [0.3, 0.4) is 0 Å². The Bertz CT molecular complexity index is 402. The van der Waals surface area contributed by atoms with Crippen molar-refractivity contribution in [2.45, 2.75) is 39.2 Å². The number of rotatable bonds is 0. The molecule has 1 heterocycles. The Labute approximate surface area is 97.8 Å². The minimum atomic E-state index is 0.344. The molecule has 1 aromatic rings. The van der Waals surface area contributed by atoms with E-state index in [1.807, 2.05) is 0 Å². The van der Waals surface area contributed by atoms with Crippen molar-refractivity contribution in [3.05, 3.63) is 35.4 Å². The van der Waals surface area contributed by atoms with Crippen LogP contribution < -0.4 is 0 Å². The Kier molecular flexibility index (Phi) is 2.16. The van der Waals surface area contributed by atoms with Crippen molar-refractivity contribution in [2.24, 2.45) is 11.3 Å². The van der Waals surface area contributed by atoms with Gasteiger partial charge >= 0.3 is 0 Å². The Hall–Kier alpha value is -0.820. The maximum absolute atomic E-state index is 6.00. The molecule has 3 rings (SSSR count). The third-order valence-corrected chi connectivity index (χ3v) is 4.27. The van der Waals surface area contributed by atoms with Crippen molar-refractivity contribution in [2.75, 3.05) is 6.61 Å². The lowest BCUT2D eigenvalue weighted by Crippen LogP contribution is -2.26. The van der Waals surface area contributed by atoms with Crippen molar-refractivity contribution in [3.8, 4) is 0 Å². The van der Waals surface area contributed by atoms with E-state index in [1.165, 1.54) is 5.56 Å². The molecule has 3 unspecified atom stereocenters. The molecule has 1 fully saturated rings. The largest absolute Gasteiger partial charge is 0.377 e. The van der Waals surface area contributed by atoms with Crippen LogP contribution in [0.1, 0.15) is 37.8 Å². The maximum Gasteiger partial charge on any atom is 0.0687 e. The molecule has 1 aliphatic heterocycles. The second kappa shape index (κ2) is 3.33. The average Bonchev–Trinajstić information content (AvgIpc) is 2.73. The normalized spacial score (nSPS) is 32.6. The van der Waals surface area contributed by atoms with E-state index in [0.29, 0.717) is 23.4 Å². The van der Waals surface area contributed by atoms with Crippen LogP contribution in [0, 0.1) is 11.3 Å². The van der Waals surface area contributed by atoms with Gasteiger partial charge < -0.3 is 4.74 Å². The fourth-order valence-corrected chi connectivity index (χ4v) is 3.35. The average molecular weight is 216 g/mol. The molecule has 1 aliphatic carbocycles. The zero-order valence-electron chi connectivity index (χ0n) is 10.4. The van der Waals surface area contributed by atoms with Crippen LogP contribution in [0.25, 0.3) is 0 Å². The molecule has 0 radical (unpaired) electrons. The molecule has 16 heavy (non-hydrogen) atoms. The van der Waals surface area contributed by atoms with Crippen molar-refractivity contribution in [3.63, 3.8) is 0 Å². The fraction of sp³-hybridized carbons (Fsp3) is 0.600. The van der Waals surface area contributed by atoms with Crippen LogP contribution in [0.5, 0.6) is 0 Å². The maximum atomic E-state index is 6.00. The Balaban J connectivity index is 2.01. The van der Waals surface area contributed by atoms with Crippen molar-refractivity contribution in [1.82, 2.24) is 0 Å². The van der Waals surface area contributed by atoms with Gasteiger partial charge in [0.1, 0.15) is 0 Å². The summed E-state index contributed by atoms with van der Waals surface area (Å²) in [7, 11) is 0. The second-order valence-electron chi connectivity index (χ2n) is 6.27. The van der Waals surface area contributed by atoms with E-state index in [0.717, 1.165) is 13.0 Å². The highest BCUT2D eigenvalue weighted by atomic mass is 16.5. The lowest BCUT2D eigenvalue weighted by Gasteiger charge is -2.30. The minimum Gasteiger partial charge on any atom is -0.377 e. The van der Waals surface area contributed by atoms with E-state index in [9.17, 15) is 0 Å². The van der Waals surface area contributed by atoms with Gasteiger partial charge in [-0.3, -0.25) is 0 Å². The first kappa shape index (κ1) is 10.3. The lowest BCUT2D eigenvalue weighted by atomic mass is 9.72. The minimum absolute atomic E-state index is 0.344. The molecule has 2 aliphatic rings. The molecule has 0 bridgehead atoms. The number of benzene rings is 1. The first-order valence-electron chi connectivity index (χ1n) is 6.27. The van der Waals surface area contributed by atoms with Crippen molar-refractivity contribution in [1.29, 1.82) is 0 Å². The molecule has 0 saturated carbocycles. The summed E-state index contributed by atoms with van der Waals surface area (Å²) >= 11 is 0. The molecule has 0 aromatic heterocycles. The predicted octanol–water partition coefficient (Wildman–Crippen LogP) is 3.39. The molecule has 0 N–H and O–H groups in total. The van der Waals surface area contributed by atoms with Gasteiger partial charge in [-0.1, -0.05) is 45.0 Å². The van der Waals surface area contributed by atoms with Gasteiger partial charge in [0.15, 0.2) is 0 Å². The highest BCUT2D eigenvalue weighted by Crippen LogP contribution is 2.50. The standard InChI is InChI=1S/C15H20O/c1-15(2,3)12-9-16-13-8-10-6-4-5-7-11(10)14(12)13/h4-7,12-14H,8-9H2,1-3H3. The van der Waals surface area contributed by atoms with E-state index in [2.05, 4.69) is 45.0 Å². The molecular formula is C15H20O. The number of hydrogen-bond acceptors (Lipinski definition) is 1. The zero-order chi connectivity index (χ0) is 11.3. The molecule has 86 valence electrons. The SMILES string of the molecule is CC(C)(C)C1COC2Cc3ccccc3C21. The molecule has 1 saturated heterocycles. The number of fused-ring (bicyclic) bond motifs is 3. The van der Waals surface area contributed by atoms with Gasteiger partial charge in [0.25, 0.3) is 0 Å². The Morgan fingerprint density at radius 1 is 1.19 bits per heavy atom. The van der Waals surface area contributed by atoms with Crippen LogP contribution in [0.2, 0.25) is 0 Å². The topological polar surface area (TPSA) is 9.23 Å². The molecule has 1 nitrogen and oxygen atoms in total. The quantitative estimate of drug-likeness (QED) is 0.646. The van der Waals surface area contributed by atoms with E-state index < -0.39 is 0 Å². The molecule has 3 atom stereocenters. The lowest BCUT2D eigenvalue weighted by molar-refractivity contribution is 0.0980. The molecular weight excluding hydrogens is 196 g/mol. The molecule has 0 amide bonds. The Morgan fingerprint density at radius 2 is 1.94 bits per heavy atom. The third kappa shape index (κ3) is 1.41. The zero-order valence-corrected chi connectivity index (χ0v) is 10.4. The van der Waals surface area contributed by atoms with Gasteiger partial charge in [-0.05, 0) is 28.9 Å². The smallest absolute Gasteiger partial charge is 0.0687 e. The van der Waals surface area contributed by atoms with E-state index in [1.54, 1.807) is 5.56 Å². The van der Waals surface area contributed by atoms with Crippen molar-refractivity contribution < 1.29 is 4.74 Å². The monoisotopic (exact) mass is 216 g/mol. The van der Waals surface area contributed by atoms with Gasteiger partial charge in [-0.25, -0.2) is 0 Å². The first-order chi connectivity index (χ1) is 7.57. The summed E-state index contributed by atoms with van der Waals surface area (Å²) in [6, 6.07) is 8.87. The molecule has 0 spiro atoms. The van der Waals surface area contributed by atoms with Crippen LogP contribution in [-0.4, -0.2) is 12.7 Å². The molecule has 1 heteroatoms. The number of hydrogen-bond donors (Lipinski definition) is 0. The third-order valence-electron chi connectivity index (χ3n) is 4.27. The van der Waals surface area contributed by atoms with Gasteiger partial charge in [-0.15, -0.1) is 0 Å². The summed E-state index contributed by atoms with van der Waals surface area (Å²) < 4.78 is 6.00. The van der Waals surface area contributed by atoms with Crippen LogP contribution >= 0.6 is 0 Å². The highest BCUT2D eigenvalue weighted by Gasteiger charge is 2.47. The molecule has 1 aromatic carbocycles. The summed E-state index contributed by atoms with van der Waals surface area (Å²) in [5, 5.41) is 0. The summed E-state index contributed by atoms with van der Waals surface area (Å²) in [6.45, 7) is 7.95. The van der Waals surface area contributed by atoms with E-state index in [-0.39, 0.29) is 0 Å². The van der Waals surface area contributed by atoms with Crippen molar-refractivity contribution >= 4 is 0 Å². The summed E-state index contributed by atoms with van der Waals surface area (Å²) in [5.74, 6) is 1.30. The van der Waals surface area contributed by atoms with Crippen LogP contribution in [0.15, 0.2) is 24.3 Å². The van der Waals surface area contributed by atoms with E-state index >= 15 is 0 Å². The van der Waals surface area contributed by atoms with Crippen LogP contribution in [-0.2, 0) is 11.2 Å². The Morgan fingerprint density at radius 3 is 2.69 bits per heavy atom. The van der Waals surface area contributed by atoms with Gasteiger partial charge in [-0.2, -0.15) is 0 Å². The van der Waals surface area contributed by atoms with Crippen LogP contribution in [0.4, 0.5) is 0 Å². The van der Waals surface area contributed by atoms with E-state index in [4.69, 9.17) is 4.74 Å². The predicted molar refractivity (Wildman–Crippen MR) is 65.6 cm³/mol. The first-order valence-corrected chi connectivity index (χ1v) is 6.27. The fourth-order valence-electron chi connectivity index (χ4n) is 3.35. The van der Waals surface area contributed by atoms with Gasteiger partial charge in [0, 0.05) is 5.92 Å². The second-order valence-corrected chi connectivity index (χ2v) is 6.27. The number of ether oxygens (including phenoxy) is 1. The van der Waals surface area contributed by atoms with Gasteiger partial charge in [0.05, 0.1) is 12.7 Å². The summed E-state index contributed by atoms with van der Waals surface area (Å²) in [6.07, 6.45) is 1.56. The van der Waals surface area contributed by atoms with Gasteiger partial charge in [0.2, 0.25) is 0 Å².